The van der Waals surface area contributed by atoms with Crippen LogP contribution < -0.4 is 5.32 Å². The molecule has 1 unspecified atom stereocenters. The first-order valence-corrected chi connectivity index (χ1v) is 9.52. The van der Waals surface area contributed by atoms with Crippen molar-refractivity contribution in [1.82, 2.24) is 4.98 Å². The number of anilines is 1. The highest BCUT2D eigenvalue weighted by atomic mass is 32.2. The molecule has 1 aromatic carbocycles. The standard InChI is InChI=1S/C14H13N3O6S2/c18-13(9-5-6-23-8-9)16-14-15-7-12(24-14)25(21,22)11-3-1-10(2-4-11)17(19)20/h1-4,7,9H,5-6,8H2,(H,15,16,18). The second kappa shape index (κ2) is 6.86. The van der Waals surface area contributed by atoms with Crippen LogP contribution in [0.15, 0.2) is 39.6 Å². The number of nitrogens with zero attached hydrogens (tertiary/aromatic N) is 2. The summed E-state index contributed by atoms with van der Waals surface area (Å²) in [4.78, 5) is 25.9. The van der Waals surface area contributed by atoms with Crippen LogP contribution in [-0.2, 0) is 19.4 Å². The number of aromatic nitrogens is 1. The average Bonchev–Trinajstić information content (AvgIpc) is 3.26. The molecule has 1 N–H and O–H groups in total. The van der Waals surface area contributed by atoms with Gasteiger partial charge in [0, 0.05) is 18.7 Å². The highest BCUT2D eigenvalue weighted by Gasteiger charge is 2.26. The van der Waals surface area contributed by atoms with Gasteiger partial charge in [0.1, 0.15) is 4.21 Å². The van der Waals surface area contributed by atoms with Crippen molar-refractivity contribution < 1.29 is 22.9 Å². The first-order valence-electron chi connectivity index (χ1n) is 7.22. The number of thiazole rings is 1. The number of carbonyl (C=O) groups is 1. The number of ether oxygens (including phenoxy) is 1. The van der Waals surface area contributed by atoms with E-state index in [9.17, 15) is 23.3 Å². The Kier molecular flexibility index (Phi) is 4.79. The van der Waals surface area contributed by atoms with Crippen LogP contribution in [0, 0.1) is 16.0 Å². The minimum absolute atomic E-state index is 0.0562. The molecule has 0 aliphatic carbocycles. The molecule has 25 heavy (non-hydrogen) atoms. The van der Waals surface area contributed by atoms with Crippen LogP contribution in [0.3, 0.4) is 0 Å². The van der Waals surface area contributed by atoms with Crippen LogP contribution in [0.5, 0.6) is 0 Å². The van der Waals surface area contributed by atoms with Crippen molar-refractivity contribution in [3.8, 4) is 0 Å². The summed E-state index contributed by atoms with van der Waals surface area (Å²) < 4.78 is 30.2. The van der Waals surface area contributed by atoms with Crippen LogP contribution >= 0.6 is 11.3 Å². The summed E-state index contributed by atoms with van der Waals surface area (Å²) in [5, 5.41) is 13.4. The molecule has 0 spiro atoms. The summed E-state index contributed by atoms with van der Waals surface area (Å²) in [6, 6.07) is 4.58. The van der Waals surface area contributed by atoms with E-state index in [2.05, 4.69) is 10.3 Å². The van der Waals surface area contributed by atoms with Gasteiger partial charge in [0.2, 0.25) is 15.7 Å². The molecule has 1 fully saturated rings. The predicted molar refractivity (Wildman–Crippen MR) is 88.2 cm³/mol. The van der Waals surface area contributed by atoms with E-state index >= 15 is 0 Å². The summed E-state index contributed by atoms with van der Waals surface area (Å²) in [5.41, 5.74) is -0.199. The van der Waals surface area contributed by atoms with Crippen molar-refractivity contribution >= 4 is 37.9 Å². The largest absolute Gasteiger partial charge is 0.381 e. The molecular formula is C14H13N3O6S2. The van der Waals surface area contributed by atoms with Crippen molar-refractivity contribution in [2.45, 2.75) is 15.5 Å². The molecule has 132 valence electrons. The number of hydrogen-bond acceptors (Lipinski definition) is 8. The molecule has 3 rings (SSSR count). The van der Waals surface area contributed by atoms with Gasteiger partial charge < -0.3 is 10.1 Å². The number of benzene rings is 1. The average molecular weight is 383 g/mol. The molecule has 2 heterocycles. The molecule has 1 aliphatic heterocycles. The lowest BCUT2D eigenvalue weighted by Crippen LogP contribution is -2.22. The maximum atomic E-state index is 12.5. The van der Waals surface area contributed by atoms with Crippen LogP contribution in [0.2, 0.25) is 0 Å². The number of nitro groups is 1. The number of hydrogen-bond donors (Lipinski definition) is 1. The molecule has 0 saturated carbocycles. The molecule has 1 amide bonds. The van der Waals surface area contributed by atoms with Crippen molar-refractivity contribution in [2.75, 3.05) is 18.5 Å². The Morgan fingerprint density at radius 3 is 2.68 bits per heavy atom. The van der Waals surface area contributed by atoms with E-state index in [4.69, 9.17) is 4.74 Å². The van der Waals surface area contributed by atoms with E-state index in [-0.39, 0.29) is 31.7 Å². The smallest absolute Gasteiger partial charge is 0.269 e. The molecule has 11 heteroatoms. The van der Waals surface area contributed by atoms with Crippen molar-refractivity contribution in [2.24, 2.45) is 5.92 Å². The highest BCUT2D eigenvalue weighted by Crippen LogP contribution is 2.30. The molecule has 9 nitrogen and oxygen atoms in total. The number of carbonyl (C=O) groups excluding carboxylic acids is 1. The molecular weight excluding hydrogens is 370 g/mol. The lowest BCUT2D eigenvalue weighted by molar-refractivity contribution is -0.384. The van der Waals surface area contributed by atoms with Crippen LogP contribution in [0.1, 0.15) is 6.42 Å². The lowest BCUT2D eigenvalue weighted by atomic mass is 10.1. The van der Waals surface area contributed by atoms with E-state index in [1.165, 1.54) is 12.1 Å². The minimum Gasteiger partial charge on any atom is -0.381 e. The Bertz CT molecular complexity index is 901. The topological polar surface area (TPSA) is 128 Å². The third-order valence-electron chi connectivity index (χ3n) is 3.64. The van der Waals surface area contributed by atoms with E-state index < -0.39 is 14.8 Å². The molecule has 0 bridgehead atoms. The Balaban J connectivity index is 1.78. The number of rotatable bonds is 5. The summed E-state index contributed by atoms with van der Waals surface area (Å²) >= 11 is 0.827. The Labute approximate surface area is 146 Å². The van der Waals surface area contributed by atoms with Gasteiger partial charge in [-0.1, -0.05) is 11.3 Å². The molecule has 1 atom stereocenters. The van der Waals surface area contributed by atoms with Gasteiger partial charge in [-0.05, 0) is 18.6 Å². The van der Waals surface area contributed by atoms with Gasteiger partial charge in [-0.2, -0.15) is 0 Å². The van der Waals surface area contributed by atoms with E-state index in [0.717, 1.165) is 29.7 Å². The molecule has 1 saturated heterocycles. The lowest BCUT2D eigenvalue weighted by Gasteiger charge is -2.05. The third-order valence-corrected chi connectivity index (χ3v) is 6.78. The van der Waals surface area contributed by atoms with Gasteiger partial charge in [-0.15, -0.1) is 0 Å². The fraction of sp³-hybridized carbons (Fsp3) is 0.286. The van der Waals surface area contributed by atoms with Crippen LogP contribution in [-0.4, -0.2) is 37.4 Å². The van der Waals surface area contributed by atoms with Gasteiger partial charge in [-0.3, -0.25) is 14.9 Å². The Hall–Kier alpha value is -2.37. The minimum atomic E-state index is -3.86. The number of nitrogens with one attached hydrogen (secondary N) is 1. The molecule has 1 aliphatic rings. The number of sulfone groups is 1. The van der Waals surface area contributed by atoms with Gasteiger partial charge in [0.15, 0.2) is 5.13 Å². The highest BCUT2D eigenvalue weighted by molar-refractivity contribution is 7.93. The quantitative estimate of drug-likeness (QED) is 0.616. The summed E-state index contributed by atoms with van der Waals surface area (Å²) in [6.45, 7) is 0.862. The summed E-state index contributed by atoms with van der Waals surface area (Å²) in [5.74, 6) is -0.523. The van der Waals surface area contributed by atoms with Gasteiger partial charge >= 0.3 is 0 Å². The zero-order valence-electron chi connectivity index (χ0n) is 12.7. The Morgan fingerprint density at radius 2 is 2.08 bits per heavy atom. The third kappa shape index (κ3) is 3.67. The fourth-order valence-corrected chi connectivity index (χ4v) is 4.69. The van der Waals surface area contributed by atoms with E-state index in [1.54, 1.807) is 0 Å². The van der Waals surface area contributed by atoms with Crippen LogP contribution in [0.4, 0.5) is 10.8 Å². The normalized spacial score (nSPS) is 17.4. The number of non-ortho nitro benzene ring substituents is 1. The van der Waals surface area contributed by atoms with Gasteiger partial charge in [0.05, 0.1) is 28.5 Å². The monoisotopic (exact) mass is 383 g/mol. The number of nitro benzene ring substituents is 1. The van der Waals surface area contributed by atoms with E-state index in [0.29, 0.717) is 19.6 Å². The van der Waals surface area contributed by atoms with Gasteiger partial charge in [0.25, 0.3) is 5.69 Å². The summed E-state index contributed by atoms with van der Waals surface area (Å²) in [6.07, 6.45) is 1.77. The zero-order chi connectivity index (χ0) is 18.0. The second-order valence-electron chi connectivity index (χ2n) is 5.29. The molecule has 0 radical (unpaired) electrons. The molecule has 2 aromatic rings. The molecule has 1 aromatic heterocycles. The van der Waals surface area contributed by atoms with Crippen molar-refractivity contribution in [1.29, 1.82) is 0 Å². The summed E-state index contributed by atoms with van der Waals surface area (Å²) in [7, 11) is -3.86. The first kappa shape index (κ1) is 17.5. The Morgan fingerprint density at radius 1 is 1.36 bits per heavy atom. The SMILES string of the molecule is O=C(Nc1ncc(S(=O)(=O)c2ccc([N+](=O)[O-])cc2)s1)C1CCOC1. The fourth-order valence-electron chi connectivity index (χ4n) is 2.25. The van der Waals surface area contributed by atoms with Crippen molar-refractivity contribution in [3.05, 3.63) is 40.6 Å². The maximum Gasteiger partial charge on any atom is 0.269 e. The second-order valence-corrected chi connectivity index (χ2v) is 8.50. The number of amides is 1. The predicted octanol–water partition coefficient (Wildman–Crippen LogP) is 1.86. The maximum absolute atomic E-state index is 12.5. The van der Waals surface area contributed by atoms with E-state index in [1.807, 2.05) is 0 Å². The zero-order valence-corrected chi connectivity index (χ0v) is 14.4. The first-order chi connectivity index (χ1) is 11.9. The van der Waals surface area contributed by atoms with Gasteiger partial charge in [-0.25, -0.2) is 13.4 Å². The van der Waals surface area contributed by atoms with Crippen LogP contribution in [0.25, 0.3) is 0 Å². The van der Waals surface area contributed by atoms with Crippen molar-refractivity contribution in [3.63, 3.8) is 0 Å².